The van der Waals surface area contributed by atoms with E-state index in [9.17, 15) is 0 Å². The summed E-state index contributed by atoms with van der Waals surface area (Å²) in [5, 5.41) is 0. The van der Waals surface area contributed by atoms with Gasteiger partial charge in [0.2, 0.25) is 0 Å². The van der Waals surface area contributed by atoms with E-state index in [0.717, 1.165) is 12.2 Å². The lowest BCUT2D eigenvalue weighted by molar-refractivity contribution is 0.285. The lowest BCUT2D eigenvalue weighted by atomic mass is 9.87. The molecule has 1 aromatic rings. The highest BCUT2D eigenvalue weighted by Gasteiger charge is 2.12. The Kier molecular flexibility index (Phi) is 6.58. The van der Waals surface area contributed by atoms with Crippen LogP contribution < -0.4 is 10.5 Å². The molecule has 2 nitrogen and oxygen atoms in total. The Morgan fingerprint density at radius 1 is 1.18 bits per heavy atom. The average molecular weight is 258 g/mol. The number of benzene rings is 1. The van der Waals surface area contributed by atoms with Gasteiger partial charge < -0.3 is 10.5 Å². The van der Waals surface area contributed by atoms with E-state index in [1.807, 2.05) is 12.1 Å². The Balaban J connectivity index is 0.00000256. The van der Waals surface area contributed by atoms with Crippen LogP contribution in [0.4, 0.5) is 0 Å². The summed E-state index contributed by atoms with van der Waals surface area (Å²) in [6.45, 7) is 9.27. The van der Waals surface area contributed by atoms with Crippen molar-refractivity contribution in [2.24, 2.45) is 5.73 Å². The van der Waals surface area contributed by atoms with Crippen molar-refractivity contribution in [1.82, 2.24) is 0 Å². The molecule has 0 heterocycles. The first-order valence-electron chi connectivity index (χ1n) is 5.92. The molecule has 1 atom stereocenters. The molecule has 1 aromatic carbocycles. The van der Waals surface area contributed by atoms with Crippen molar-refractivity contribution in [2.75, 3.05) is 6.61 Å². The van der Waals surface area contributed by atoms with Gasteiger partial charge in [-0.15, -0.1) is 12.4 Å². The highest BCUT2D eigenvalue weighted by atomic mass is 35.5. The van der Waals surface area contributed by atoms with Crippen LogP contribution >= 0.6 is 12.4 Å². The van der Waals surface area contributed by atoms with E-state index in [4.69, 9.17) is 10.5 Å². The molecule has 3 heteroatoms. The number of halogens is 1. The first-order valence-corrected chi connectivity index (χ1v) is 5.92. The van der Waals surface area contributed by atoms with Gasteiger partial charge in [-0.25, -0.2) is 0 Å². The highest BCUT2D eigenvalue weighted by molar-refractivity contribution is 5.85. The minimum atomic E-state index is 0. The molecule has 17 heavy (non-hydrogen) atoms. The fourth-order valence-electron chi connectivity index (χ4n) is 1.37. The summed E-state index contributed by atoms with van der Waals surface area (Å²) in [6.07, 6.45) is 0.945. The molecule has 0 amide bonds. The fraction of sp³-hybridized carbons (Fsp3) is 0.571. The van der Waals surface area contributed by atoms with Crippen LogP contribution in [-0.2, 0) is 5.41 Å². The normalized spacial score (nSPS) is 12.8. The molecule has 1 unspecified atom stereocenters. The molecular formula is C14H24ClNO. The van der Waals surface area contributed by atoms with Crippen LogP contribution in [0, 0.1) is 0 Å². The monoisotopic (exact) mass is 257 g/mol. The number of ether oxygens (including phenoxy) is 1. The average Bonchev–Trinajstić information content (AvgIpc) is 2.25. The largest absolute Gasteiger partial charge is 0.492 e. The number of rotatable bonds is 4. The molecule has 2 N–H and O–H groups in total. The zero-order valence-corrected chi connectivity index (χ0v) is 12.0. The lowest BCUT2D eigenvalue weighted by Crippen LogP contribution is -2.26. The van der Waals surface area contributed by atoms with Crippen molar-refractivity contribution in [2.45, 2.75) is 45.6 Å². The van der Waals surface area contributed by atoms with Gasteiger partial charge in [0, 0.05) is 6.04 Å². The Hall–Kier alpha value is -0.730. The summed E-state index contributed by atoms with van der Waals surface area (Å²) in [4.78, 5) is 0. The van der Waals surface area contributed by atoms with Crippen LogP contribution in [0.15, 0.2) is 24.3 Å². The summed E-state index contributed by atoms with van der Waals surface area (Å²) in [5.74, 6) is 0.900. The maximum absolute atomic E-state index is 5.79. The van der Waals surface area contributed by atoms with Crippen molar-refractivity contribution < 1.29 is 4.74 Å². The minimum absolute atomic E-state index is 0. The number of nitrogens with two attached hydrogens (primary N) is 1. The number of hydrogen-bond donors (Lipinski definition) is 1. The predicted molar refractivity (Wildman–Crippen MR) is 76.2 cm³/mol. The summed E-state index contributed by atoms with van der Waals surface area (Å²) in [7, 11) is 0. The maximum atomic E-state index is 5.79. The van der Waals surface area contributed by atoms with E-state index in [1.165, 1.54) is 5.56 Å². The van der Waals surface area contributed by atoms with E-state index in [0.29, 0.717) is 6.61 Å². The molecule has 0 saturated carbocycles. The Labute approximate surface area is 111 Å². The SMILES string of the molecule is CCC(N)COc1ccc(C(C)(C)C)cc1.Cl. The maximum Gasteiger partial charge on any atom is 0.119 e. The zero-order chi connectivity index (χ0) is 12.2. The van der Waals surface area contributed by atoms with Gasteiger partial charge in [0.25, 0.3) is 0 Å². The summed E-state index contributed by atoms with van der Waals surface area (Å²) >= 11 is 0. The van der Waals surface area contributed by atoms with Crippen LogP contribution in [-0.4, -0.2) is 12.6 Å². The smallest absolute Gasteiger partial charge is 0.119 e. The van der Waals surface area contributed by atoms with E-state index >= 15 is 0 Å². The third-order valence-electron chi connectivity index (χ3n) is 2.71. The molecule has 1 rings (SSSR count). The van der Waals surface area contributed by atoms with Crippen molar-refractivity contribution in [1.29, 1.82) is 0 Å². The van der Waals surface area contributed by atoms with Crippen molar-refractivity contribution >= 4 is 12.4 Å². The molecule has 0 aromatic heterocycles. The second kappa shape index (κ2) is 6.87. The van der Waals surface area contributed by atoms with Crippen LogP contribution in [0.1, 0.15) is 39.7 Å². The van der Waals surface area contributed by atoms with E-state index in [1.54, 1.807) is 0 Å². The van der Waals surface area contributed by atoms with Gasteiger partial charge in [0.05, 0.1) is 0 Å². The fourth-order valence-corrected chi connectivity index (χ4v) is 1.37. The molecule has 0 aliphatic carbocycles. The van der Waals surface area contributed by atoms with E-state index in [-0.39, 0.29) is 23.9 Å². The van der Waals surface area contributed by atoms with E-state index in [2.05, 4.69) is 39.8 Å². The molecule has 0 spiro atoms. The van der Waals surface area contributed by atoms with E-state index < -0.39 is 0 Å². The van der Waals surface area contributed by atoms with Crippen molar-refractivity contribution in [3.8, 4) is 5.75 Å². The zero-order valence-electron chi connectivity index (χ0n) is 11.2. The third kappa shape index (κ3) is 5.42. The lowest BCUT2D eigenvalue weighted by Gasteiger charge is -2.19. The third-order valence-corrected chi connectivity index (χ3v) is 2.71. The van der Waals surface area contributed by atoms with Gasteiger partial charge in [0.1, 0.15) is 12.4 Å². The van der Waals surface area contributed by atoms with Gasteiger partial charge in [-0.3, -0.25) is 0 Å². The summed E-state index contributed by atoms with van der Waals surface area (Å²) in [6, 6.07) is 8.40. The highest BCUT2D eigenvalue weighted by Crippen LogP contribution is 2.24. The molecule has 0 saturated heterocycles. The molecular weight excluding hydrogens is 234 g/mol. The summed E-state index contributed by atoms with van der Waals surface area (Å²) < 4.78 is 5.60. The molecule has 0 fully saturated rings. The Morgan fingerprint density at radius 3 is 2.12 bits per heavy atom. The molecule has 0 radical (unpaired) electrons. The van der Waals surface area contributed by atoms with Gasteiger partial charge in [-0.2, -0.15) is 0 Å². The summed E-state index contributed by atoms with van der Waals surface area (Å²) in [5.41, 5.74) is 7.31. The number of hydrogen-bond acceptors (Lipinski definition) is 2. The van der Waals surface area contributed by atoms with Crippen LogP contribution in [0.25, 0.3) is 0 Å². The molecule has 0 bridgehead atoms. The Morgan fingerprint density at radius 2 is 1.71 bits per heavy atom. The van der Waals surface area contributed by atoms with Crippen molar-refractivity contribution in [3.63, 3.8) is 0 Å². The van der Waals surface area contributed by atoms with Crippen LogP contribution in [0.5, 0.6) is 5.75 Å². The Bertz CT molecular complexity index is 316. The van der Waals surface area contributed by atoms with Crippen LogP contribution in [0.2, 0.25) is 0 Å². The second-order valence-electron chi connectivity index (χ2n) is 5.25. The van der Waals surface area contributed by atoms with Crippen LogP contribution in [0.3, 0.4) is 0 Å². The first kappa shape index (κ1) is 16.3. The predicted octanol–water partition coefficient (Wildman–Crippen LogP) is 3.52. The standard InChI is InChI=1S/C14H23NO.ClH/c1-5-12(15)10-16-13-8-6-11(7-9-13)14(2,3)4;/h6-9,12H,5,10,15H2,1-4H3;1H. The minimum Gasteiger partial charge on any atom is -0.492 e. The van der Waals surface area contributed by atoms with Crippen molar-refractivity contribution in [3.05, 3.63) is 29.8 Å². The van der Waals surface area contributed by atoms with Gasteiger partial charge in [0.15, 0.2) is 0 Å². The molecule has 0 aliphatic heterocycles. The van der Waals surface area contributed by atoms with Gasteiger partial charge in [-0.1, -0.05) is 39.8 Å². The molecule has 0 aliphatic rings. The van der Waals surface area contributed by atoms with Gasteiger partial charge >= 0.3 is 0 Å². The quantitative estimate of drug-likeness (QED) is 0.896. The molecule has 98 valence electrons. The second-order valence-corrected chi connectivity index (χ2v) is 5.25. The topological polar surface area (TPSA) is 35.2 Å². The van der Waals surface area contributed by atoms with Gasteiger partial charge in [-0.05, 0) is 29.5 Å². The first-order chi connectivity index (χ1) is 7.43.